The number of esters is 1. The normalized spacial score (nSPS) is 22.0. The number of carbonyl (C=O) groups excluding carboxylic acids is 1. The van der Waals surface area contributed by atoms with Crippen molar-refractivity contribution in [2.45, 2.75) is 37.2 Å². The summed E-state index contributed by atoms with van der Waals surface area (Å²) in [6.45, 7) is 0. The van der Waals surface area contributed by atoms with E-state index in [9.17, 15) is 4.79 Å². The first-order valence-electron chi connectivity index (χ1n) is 11.1. The molecular weight excluding hydrogens is 398 g/mol. The largest absolute Gasteiger partial charge is 0.450 e. The zero-order valence-corrected chi connectivity index (χ0v) is 17.6. The van der Waals surface area contributed by atoms with Crippen LogP contribution in [0, 0.1) is 0 Å². The molecule has 1 fully saturated rings. The maximum Gasteiger partial charge on any atom is 0.339 e. The highest BCUT2D eigenvalue weighted by Gasteiger charge is 2.48. The molecule has 1 aliphatic carbocycles. The van der Waals surface area contributed by atoms with Gasteiger partial charge in [0.25, 0.3) is 0 Å². The van der Waals surface area contributed by atoms with E-state index in [-0.39, 0.29) is 5.97 Å². The number of pyridine rings is 1. The van der Waals surface area contributed by atoms with Crippen molar-refractivity contribution in [2.75, 3.05) is 0 Å². The summed E-state index contributed by atoms with van der Waals surface area (Å²) in [6, 6.07) is 22.8. The van der Waals surface area contributed by atoms with Gasteiger partial charge >= 0.3 is 5.97 Å². The van der Waals surface area contributed by atoms with Crippen LogP contribution >= 0.6 is 0 Å². The van der Waals surface area contributed by atoms with Gasteiger partial charge in [-0.25, -0.2) is 4.79 Å². The molecule has 4 aromatic rings. The summed E-state index contributed by atoms with van der Waals surface area (Å²) in [7, 11) is 0. The number of aromatic amines is 1. The smallest absolute Gasteiger partial charge is 0.339 e. The van der Waals surface area contributed by atoms with Gasteiger partial charge in [0, 0.05) is 35.1 Å². The Morgan fingerprint density at radius 2 is 1.69 bits per heavy atom. The molecule has 0 atom stereocenters. The molecular formula is C27H23N3O2. The molecule has 3 heterocycles. The van der Waals surface area contributed by atoms with Crippen LogP contribution < -0.4 is 0 Å². The maximum atomic E-state index is 12.3. The van der Waals surface area contributed by atoms with Crippen molar-refractivity contribution in [3.8, 4) is 22.4 Å². The van der Waals surface area contributed by atoms with Crippen molar-refractivity contribution in [2.24, 2.45) is 0 Å². The second-order valence-electron chi connectivity index (χ2n) is 8.73. The Morgan fingerprint density at radius 3 is 2.53 bits per heavy atom. The third kappa shape index (κ3) is 3.12. The first-order valence-corrected chi connectivity index (χ1v) is 11.1. The summed E-state index contributed by atoms with van der Waals surface area (Å²) >= 11 is 0. The predicted molar refractivity (Wildman–Crippen MR) is 122 cm³/mol. The van der Waals surface area contributed by atoms with Crippen LogP contribution in [0.5, 0.6) is 0 Å². The summed E-state index contributed by atoms with van der Waals surface area (Å²) in [4.78, 5) is 16.5. The number of benzene rings is 2. The van der Waals surface area contributed by atoms with Crippen molar-refractivity contribution in [1.82, 2.24) is 15.2 Å². The second kappa shape index (κ2) is 7.45. The Hall–Kier alpha value is -3.73. The zero-order chi connectivity index (χ0) is 21.5. The molecule has 0 amide bonds. The number of hydrogen-bond donors (Lipinski definition) is 1. The van der Waals surface area contributed by atoms with Crippen molar-refractivity contribution in [3.63, 3.8) is 0 Å². The van der Waals surface area contributed by atoms with Crippen molar-refractivity contribution in [3.05, 3.63) is 95.9 Å². The van der Waals surface area contributed by atoms with Crippen LogP contribution in [0.3, 0.4) is 0 Å². The number of fused-ring (bicyclic) bond motifs is 2. The van der Waals surface area contributed by atoms with Gasteiger partial charge in [0.15, 0.2) is 0 Å². The van der Waals surface area contributed by atoms with E-state index in [1.54, 1.807) is 18.5 Å². The van der Waals surface area contributed by atoms with Crippen molar-refractivity contribution in [1.29, 1.82) is 0 Å². The Labute approximate surface area is 186 Å². The quantitative estimate of drug-likeness (QED) is 0.421. The lowest BCUT2D eigenvalue weighted by atomic mass is 9.74. The van der Waals surface area contributed by atoms with Gasteiger partial charge in [-0.2, -0.15) is 5.10 Å². The number of ether oxygens (including phenoxy) is 1. The lowest BCUT2D eigenvalue weighted by molar-refractivity contribution is -0.0312. The molecule has 158 valence electrons. The van der Waals surface area contributed by atoms with E-state index in [1.807, 2.05) is 6.07 Å². The lowest BCUT2D eigenvalue weighted by Crippen LogP contribution is -2.31. The van der Waals surface area contributed by atoms with Gasteiger partial charge in [-0.05, 0) is 55.0 Å². The highest BCUT2D eigenvalue weighted by atomic mass is 16.6. The minimum absolute atomic E-state index is 0.219. The molecule has 0 saturated heterocycles. The van der Waals surface area contributed by atoms with Crippen LogP contribution in [-0.4, -0.2) is 21.2 Å². The molecule has 0 radical (unpaired) electrons. The van der Waals surface area contributed by atoms with E-state index < -0.39 is 5.60 Å². The first kappa shape index (κ1) is 19.0. The van der Waals surface area contributed by atoms with Gasteiger partial charge in [0.2, 0.25) is 0 Å². The van der Waals surface area contributed by atoms with E-state index in [0.29, 0.717) is 11.5 Å². The molecule has 2 aromatic carbocycles. The highest BCUT2D eigenvalue weighted by molar-refractivity contribution is 5.94. The zero-order valence-electron chi connectivity index (χ0n) is 17.6. The monoisotopic (exact) mass is 421 g/mol. The molecule has 2 aromatic heterocycles. The minimum atomic E-state index is -0.510. The summed E-state index contributed by atoms with van der Waals surface area (Å²) in [6.07, 6.45) is 6.94. The summed E-state index contributed by atoms with van der Waals surface area (Å²) in [5.74, 6) is 0.154. The van der Waals surface area contributed by atoms with Gasteiger partial charge in [-0.3, -0.25) is 10.1 Å². The molecule has 32 heavy (non-hydrogen) atoms. The van der Waals surface area contributed by atoms with Gasteiger partial charge < -0.3 is 4.74 Å². The number of rotatable bonds is 3. The van der Waals surface area contributed by atoms with E-state index in [1.165, 1.54) is 11.1 Å². The highest BCUT2D eigenvalue weighted by Crippen LogP contribution is 2.49. The van der Waals surface area contributed by atoms with Crippen LogP contribution in [0.1, 0.15) is 53.2 Å². The number of nitrogens with one attached hydrogen (secondary N) is 1. The van der Waals surface area contributed by atoms with Crippen molar-refractivity contribution >= 4 is 5.97 Å². The Morgan fingerprint density at radius 1 is 0.906 bits per heavy atom. The molecule has 5 heteroatoms. The Kier molecular flexibility index (Phi) is 4.42. The fourth-order valence-electron chi connectivity index (χ4n) is 5.17. The lowest BCUT2D eigenvalue weighted by Gasteiger charge is -2.35. The van der Waals surface area contributed by atoms with E-state index >= 15 is 0 Å². The Balaban J connectivity index is 1.21. The van der Waals surface area contributed by atoms with Gasteiger partial charge in [-0.1, -0.05) is 48.5 Å². The number of carbonyl (C=O) groups is 1. The van der Waals surface area contributed by atoms with Gasteiger partial charge in [-0.15, -0.1) is 0 Å². The summed E-state index contributed by atoms with van der Waals surface area (Å²) in [5.41, 5.74) is 6.70. The molecule has 6 rings (SSSR count). The average molecular weight is 422 g/mol. The van der Waals surface area contributed by atoms with Crippen LogP contribution in [0.4, 0.5) is 0 Å². The fraction of sp³-hybridized carbons (Fsp3) is 0.222. The molecule has 1 N–H and O–H groups in total. The van der Waals surface area contributed by atoms with Crippen molar-refractivity contribution < 1.29 is 9.53 Å². The number of nitrogens with zero attached hydrogens (tertiary/aromatic N) is 2. The third-order valence-corrected chi connectivity index (χ3v) is 6.92. The second-order valence-corrected chi connectivity index (χ2v) is 8.73. The fourth-order valence-corrected chi connectivity index (χ4v) is 5.17. The van der Waals surface area contributed by atoms with Crippen LogP contribution in [0.15, 0.2) is 79.1 Å². The molecule has 0 unspecified atom stereocenters. The molecule has 0 bridgehead atoms. The van der Waals surface area contributed by atoms with Gasteiger partial charge in [0.05, 0.1) is 11.3 Å². The minimum Gasteiger partial charge on any atom is -0.450 e. The molecule has 5 nitrogen and oxygen atoms in total. The van der Waals surface area contributed by atoms with Gasteiger partial charge in [0.1, 0.15) is 5.60 Å². The van der Waals surface area contributed by atoms with E-state index in [2.05, 4.69) is 69.8 Å². The maximum absolute atomic E-state index is 12.3. The molecule has 1 saturated carbocycles. The van der Waals surface area contributed by atoms with Crippen LogP contribution in [-0.2, 0) is 10.3 Å². The number of hydrogen-bond acceptors (Lipinski definition) is 4. The molecule has 1 spiro atoms. The van der Waals surface area contributed by atoms with Crippen LogP contribution in [0.25, 0.3) is 22.4 Å². The average Bonchev–Trinajstić information content (AvgIpc) is 3.45. The number of H-pyrrole nitrogens is 1. The van der Waals surface area contributed by atoms with E-state index in [4.69, 9.17) is 4.74 Å². The third-order valence-electron chi connectivity index (χ3n) is 6.92. The van der Waals surface area contributed by atoms with E-state index in [0.717, 1.165) is 48.2 Å². The topological polar surface area (TPSA) is 67.9 Å². The summed E-state index contributed by atoms with van der Waals surface area (Å²) in [5, 5.41) is 7.88. The Bertz CT molecular complexity index is 1290. The predicted octanol–water partition coefficient (Wildman–Crippen LogP) is 5.86. The summed E-state index contributed by atoms with van der Waals surface area (Å²) < 4.78 is 5.87. The molecule has 1 aliphatic heterocycles. The number of aromatic nitrogens is 3. The first-order chi connectivity index (χ1) is 15.7. The SMILES string of the molecule is O=C1O[C@]2(CC[C@@H](c3cc(-c4cccc(-c5ccccc5)c4)n[nH]3)CC2)c2cnccc21. The molecule has 2 aliphatic rings. The van der Waals surface area contributed by atoms with Crippen LogP contribution in [0.2, 0.25) is 0 Å². The standard InChI is InChI=1S/C27H23N3O2/c31-26-22-11-14-28-17-23(22)27(32-26)12-9-19(10-13-27)24-16-25(30-29-24)21-8-4-7-20(15-21)18-5-2-1-3-6-18/h1-8,11,14-17,19H,9-10,12-13H2,(H,29,30)/t19-,27+.